The molecule has 0 atom stereocenters. The minimum atomic E-state index is -0.355. The lowest BCUT2D eigenvalue weighted by atomic mass is 10.3. The Morgan fingerprint density at radius 1 is 1.57 bits per heavy atom. The molecule has 3 heterocycles. The predicted octanol–water partition coefficient (Wildman–Crippen LogP) is 1.89. The van der Waals surface area contributed by atoms with Crippen molar-refractivity contribution in [2.45, 2.75) is 17.9 Å². The molecule has 1 N–H and O–H groups in total. The Balaban J connectivity index is 1.80. The maximum atomic E-state index is 11.2. The molecule has 0 bridgehead atoms. The number of thioether (sulfide) groups is 1. The number of hydrogen-bond acceptors (Lipinski definition) is 7. The molecule has 1 aliphatic heterocycles. The molecule has 3 rings (SSSR count). The van der Waals surface area contributed by atoms with Crippen LogP contribution >= 0.6 is 23.4 Å². The fraction of sp³-hybridized carbons (Fsp3) is 0.333. The number of methoxy groups -OCH3 is 1. The van der Waals surface area contributed by atoms with Crippen molar-refractivity contribution in [3.8, 4) is 0 Å². The van der Waals surface area contributed by atoms with Crippen LogP contribution in [0, 0.1) is 0 Å². The second-order valence-electron chi connectivity index (χ2n) is 4.34. The van der Waals surface area contributed by atoms with Gasteiger partial charge in [0.25, 0.3) is 0 Å². The number of anilines is 2. The summed E-state index contributed by atoms with van der Waals surface area (Å²) in [6.07, 6.45) is 4.21. The number of aryl methyl sites for hydroxylation is 1. The number of carbonyl (C=O) groups is 1. The van der Waals surface area contributed by atoms with E-state index < -0.39 is 0 Å². The third-order valence-corrected chi connectivity index (χ3v) is 4.20. The lowest BCUT2D eigenvalue weighted by molar-refractivity contribution is -0.141. The first-order valence-electron chi connectivity index (χ1n) is 6.21. The van der Waals surface area contributed by atoms with Crippen LogP contribution in [0.15, 0.2) is 17.3 Å². The molecule has 0 radical (unpaired) electrons. The van der Waals surface area contributed by atoms with Crippen molar-refractivity contribution in [3.05, 3.63) is 23.4 Å². The number of aromatic nitrogens is 4. The highest BCUT2D eigenvalue weighted by Gasteiger charge is 2.20. The highest BCUT2D eigenvalue weighted by atomic mass is 35.5. The summed E-state index contributed by atoms with van der Waals surface area (Å²) in [6.45, 7) is 0.0650. The number of nitrogens with one attached hydrogen (secondary N) is 1. The molecule has 0 fully saturated rings. The second kappa shape index (κ2) is 5.90. The number of rotatable bonds is 4. The first kappa shape index (κ1) is 14.2. The van der Waals surface area contributed by atoms with E-state index in [1.165, 1.54) is 11.8 Å². The SMILES string of the molecule is COC(=O)Cn1cc(Nc2nc(Cl)nc3c2SCC3)cn1. The average Bonchev–Trinajstić information content (AvgIpc) is 3.07. The Bertz CT molecular complexity index is 690. The van der Waals surface area contributed by atoms with E-state index in [0.29, 0.717) is 5.82 Å². The normalized spacial score (nSPS) is 13.0. The molecule has 0 aromatic carbocycles. The Hall–Kier alpha value is -1.80. The summed E-state index contributed by atoms with van der Waals surface area (Å²) in [4.78, 5) is 20.7. The average molecular weight is 326 g/mol. The van der Waals surface area contributed by atoms with Gasteiger partial charge < -0.3 is 10.1 Å². The molecule has 0 amide bonds. The highest BCUT2D eigenvalue weighted by Crippen LogP contribution is 2.37. The number of nitrogens with zero attached hydrogens (tertiary/aromatic N) is 4. The zero-order valence-corrected chi connectivity index (χ0v) is 12.7. The van der Waals surface area contributed by atoms with Crippen molar-refractivity contribution in [2.75, 3.05) is 18.2 Å². The first-order chi connectivity index (χ1) is 10.2. The highest BCUT2D eigenvalue weighted by molar-refractivity contribution is 7.99. The molecular formula is C12H12ClN5O2S. The van der Waals surface area contributed by atoms with E-state index in [2.05, 4.69) is 25.1 Å². The monoisotopic (exact) mass is 325 g/mol. The molecule has 9 heteroatoms. The molecule has 0 saturated heterocycles. The Labute approximate surface area is 130 Å². The molecule has 2 aromatic rings. The second-order valence-corrected chi connectivity index (χ2v) is 5.79. The summed E-state index contributed by atoms with van der Waals surface area (Å²) in [6, 6.07) is 0. The van der Waals surface area contributed by atoms with Crippen molar-refractivity contribution < 1.29 is 9.53 Å². The third-order valence-electron chi connectivity index (χ3n) is 2.91. The van der Waals surface area contributed by atoms with Gasteiger partial charge in [0.15, 0.2) is 0 Å². The number of hydrogen-bond donors (Lipinski definition) is 1. The quantitative estimate of drug-likeness (QED) is 0.679. The maximum absolute atomic E-state index is 11.2. The van der Waals surface area contributed by atoms with E-state index in [1.54, 1.807) is 24.2 Å². The summed E-state index contributed by atoms with van der Waals surface area (Å²) < 4.78 is 6.09. The fourth-order valence-electron chi connectivity index (χ4n) is 1.97. The third kappa shape index (κ3) is 3.11. The Kier molecular flexibility index (Phi) is 3.98. The van der Waals surface area contributed by atoms with Gasteiger partial charge in [-0.1, -0.05) is 0 Å². The molecule has 0 saturated carbocycles. The van der Waals surface area contributed by atoms with Gasteiger partial charge in [-0.3, -0.25) is 9.48 Å². The summed E-state index contributed by atoms with van der Waals surface area (Å²) in [5.74, 6) is 1.29. The summed E-state index contributed by atoms with van der Waals surface area (Å²) >= 11 is 7.63. The van der Waals surface area contributed by atoms with Crippen LogP contribution in [0.5, 0.6) is 0 Å². The molecule has 7 nitrogen and oxygen atoms in total. The van der Waals surface area contributed by atoms with Gasteiger partial charge in [0.2, 0.25) is 5.28 Å². The van der Waals surface area contributed by atoms with Crippen molar-refractivity contribution in [3.63, 3.8) is 0 Å². The lowest BCUT2D eigenvalue weighted by Gasteiger charge is -2.07. The van der Waals surface area contributed by atoms with Crippen LogP contribution in [0.4, 0.5) is 11.5 Å². The van der Waals surface area contributed by atoms with Crippen LogP contribution in [-0.2, 0) is 22.5 Å². The smallest absolute Gasteiger partial charge is 0.327 e. The van der Waals surface area contributed by atoms with Gasteiger partial charge in [-0.2, -0.15) is 10.1 Å². The molecule has 0 unspecified atom stereocenters. The number of fused-ring (bicyclic) bond motifs is 1. The van der Waals surface area contributed by atoms with E-state index in [9.17, 15) is 4.79 Å². The molecule has 110 valence electrons. The van der Waals surface area contributed by atoms with Gasteiger partial charge in [0.05, 0.1) is 29.6 Å². The van der Waals surface area contributed by atoms with E-state index in [1.807, 2.05) is 0 Å². The molecule has 0 aliphatic carbocycles. The molecule has 2 aromatic heterocycles. The first-order valence-corrected chi connectivity index (χ1v) is 7.57. The van der Waals surface area contributed by atoms with Crippen molar-refractivity contribution in [2.24, 2.45) is 0 Å². The van der Waals surface area contributed by atoms with E-state index in [4.69, 9.17) is 11.6 Å². The van der Waals surface area contributed by atoms with Crippen LogP contribution in [0.1, 0.15) is 5.69 Å². The summed E-state index contributed by atoms with van der Waals surface area (Å²) in [5, 5.41) is 7.47. The van der Waals surface area contributed by atoms with Crippen molar-refractivity contribution in [1.82, 2.24) is 19.7 Å². The van der Waals surface area contributed by atoms with Crippen LogP contribution in [0.25, 0.3) is 0 Å². The number of esters is 1. The van der Waals surface area contributed by atoms with E-state index in [0.717, 1.165) is 28.5 Å². The molecule has 1 aliphatic rings. The minimum Gasteiger partial charge on any atom is -0.468 e. The largest absolute Gasteiger partial charge is 0.468 e. The van der Waals surface area contributed by atoms with Crippen molar-refractivity contribution >= 4 is 40.8 Å². The maximum Gasteiger partial charge on any atom is 0.327 e. The molecule has 21 heavy (non-hydrogen) atoms. The van der Waals surface area contributed by atoms with Gasteiger partial charge in [-0.05, 0) is 11.6 Å². The molecule has 0 spiro atoms. The van der Waals surface area contributed by atoms with Crippen LogP contribution in [-0.4, -0.2) is 38.6 Å². The lowest BCUT2D eigenvalue weighted by Crippen LogP contribution is -2.11. The fourth-order valence-corrected chi connectivity index (χ4v) is 3.20. The summed E-state index contributed by atoms with van der Waals surface area (Å²) in [5.41, 5.74) is 1.69. The Morgan fingerprint density at radius 3 is 3.24 bits per heavy atom. The molecular weight excluding hydrogens is 314 g/mol. The van der Waals surface area contributed by atoms with Gasteiger partial charge >= 0.3 is 5.97 Å². The van der Waals surface area contributed by atoms with Crippen molar-refractivity contribution in [1.29, 1.82) is 0 Å². The minimum absolute atomic E-state index is 0.0650. The van der Waals surface area contributed by atoms with E-state index >= 15 is 0 Å². The zero-order valence-electron chi connectivity index (χ0n) is 11.2. The number of halogens is 1. The van der Waals surface area contributed by atoms with Gasteiger partial charge in [-0.15, -0.1) is 11.8 Å². The van der Waals surface area contributed by atoms with Crippen LogP contribution < -0.4 is 5.32 Å². The number of carbonyl (C=O) groups excluding carboxylic acids is 1. The van der Waals surface area contributed by atoms with E-state index in [-0.39, 0.29) is 17.8 Å². The van der Waals surface area contributed by atoms with Gasteiger partial charge in [-0.25, -0.2) is 4.98 Å². The number of ether oxygens (including phenoxy) is 1. The van der Waals surface area contributed by atoms with Gasteiger partial charge in [0, 0.05) is 18.4 Å². The Morgan fingerprint density at radius 2 is 2.43 bits per heavy atom. The predicted molar refractivity (Wildman–Crippen MR) is 79.0 cm³/mol. The zero-order chi connectivity index (χ0) is 14.8. The summed E-state index contributed by atoms with van der Waals surface area (Å²) in [7, 11) is 1.34. The van der Waals surface area contributed by atoms with Crippen LogP contribution in [0.3, 0.4) is 0 Å². The van der Waals surface area contributed by atoms with Crippen LogP contribution in [0.2, 0.25) is 5.28 Å². The topological polar surface area (TPSA) is 81.9 Å². The van der Waals surface area contributed by atoms with Gasteiger partial charge in [0.1, 0.15) is 12.4 Å². The standard InChI is InChI=1S/C12H12ClN5O2S/c1-20-9(19)6-18-5-7(4-14-18)15-11-10-8(2-3-21-10)16-12(13)17-11/h4-5H,2-3,6H2,1H3,(H,15,16,17).